The van der Waals surface area contributed by atoms with E-state index < -0.39 is 0 Å². The minimum Gasteiger partial charge on any atom is -0.353 e. The van der Waals surface area contributed by atoms with Crippen molar-refractivity contribution in [1.29, 1.82) is 0 Å². The van der Waals surface area contributed by atoms with E-state index in [-0.39, 0.29) is 9.86 Å². The van der Waals surface area contributed by atoms with Gasteiger partial charge in [0.15, 0.2) is 5.12 Å². The molecule has 2 rings (SSSR count). The molecule has 0 unspecified atom stereocenters. The largest absolute Gasteiger partial charge is 0.353 e. The van der Waals surface area contributed by atoms with Gasteiger partial charge in [0.05, 0.1) is 15.7 Å². The summed E-state index contributed by atoms with van der Waals surface area (Å²) in [5.41, 5.74) is 2.31. The number of benzene rings is 2. The highest BCUT2D eigenvalue weighted by molar-refractivity contribution is 8.13. The van der Waals surface area contributed by atoms with Crippen LogP contribution in [-0.4, -0.2) is 40.7 Å². The van der Waals surface area contributed by atoms with Gasteiger partial charge in [0, 0.05) is 52.2 Å². The number of nitrogens with one attached hydrogen (secondary N) is 1. The molecule has 0 aliphatic carbocycles. The summed E-state index contributed by atoms with van der Waals surface area (Å²) in [7, 11) is 1.98. The van der Waals surface area contributed by atoms with Crippen molar-refractivity contribution in [1.82, 2.24) is 4.90 Å². The predicted molar refractivity (Wildman–Crippen MR) is 132 cm³/mol. The Labute approximate surface area is 196 Å². The molecule has 2 aromatic carbocycles. The molecule has 30 heavy (non-hydrogen) atoms. The number of carbonyl (C=O) groups excluding carboxylic acids is 1. The first-order chi connectivity index (χ1) is 14.2. The fourth-order valence-corrected chi connectivity index (χ4v) is 4.79. The monoisotopic (exact) mass is 485 g/mol. The number of anilines is 2. The fourth-order valence-electron chi connectivity index (χ4n) is 2.93. The zero-order valence-corrected chi connectivity index (χ0v) is 20.3. The van der Waals surface area contributed by atoms with E-state index in [2.05, 4.69) is 14.8 Å². The first-order valence-corrected chi connectivity index (χ1v) is 11.9. The molecule has 162 valence electrons. The van der Waals surface area contributed by atoms with E-state index in [1.165, 1.54) is 11.8 Å². The van der Waals surface area contributed by atoms with Crippen LogP contribution >= 0.6 is 46.9 Å². The topological polar surface area (TPSA) is 61.8 Å². The zero-order chi connectivity index (χ0) is 22.1. The zero-order valence-electron chi connectivity index (χ0n) is 17.2. The van der Waals surface area contributed by atoms with Crippen LogP contribution in [0.3, 0.4) is 0 Å². The van der Waals surface area contributed by atoms with Gasteiger partial charge in [-0.1, -0.05) is 59.2 Å². The van der Waals surface area contributed by atoms with Crippen molar-refractivity contribution < 1.29 is 4.79 Å². The van der Waals surface area contributed by atoms with Crippen molar-refractivity contribution in [3.05, 3.63) is 63.0 Å². The molecular formula is C21H25Cl2N3O2S2. The Morgan fingerprint density at radius 1 is 1.13 bits per heavy atom. The number of nitroso groups, excluding NO2 is 1. The van der Waals surface area contributed by atoms with Crippen molar-refractivity contribution in [2.24, 2.45) is 4.58 Å². The second-order valence-electron chi connectivity index (χ2n) is 7.44. The lowest BCUT2D eigenvalue weighted by atomic mass is 10.1. The van der Waals surface area contributed by atoms with Crippen molar-refractivity contribution in [3.63, 3.8) is 0 Å². The van der Waals surface area contributed by atoms with Crippen LogP contribution in [-0.2, 0) is 11.2 Å². The maximum Gasteiger partial charge on any atom is 0.193 e. The summed E-state index contributed by atoms with van der Waals surface area (Å²) in [6.45, 7) is 5.41. The Balaban J connectivity index is 1.91. The molecule has 0 amide bonds. The van der Waals surface area contributed by atoms with Gasteiger partial charge in [0.1, 0.15) is 0 Å². The molecule has 0 fully saturated rings. The van der Waals surface area contributed by atoms with E-state index in [4.69, 9.17) is 23.2 Å². The lowest BCUT2D eigenvalue weighted by Crippen LogP contribution is -2.35. The van der Waals surface area contributed by atoms with Crippen LogP contribution in [0.25, 0.3) is 0 Å². The van der Waals surface area contributed by atoms with Gasteiger partial charge in [0.25, 0.3) is 0 Å². The molecule has 0 heterocycles. The first kappa shape index (κ1) is 25.0. The Kier molecular flexibility index (Phi) is 9.97. The molecule has 5 nitrogen and oxygen atoms in total. The third kappa shape index (κ3) is 8.12. The SMILES string of the molecule is CN(CCSC(=O)Cc1ccccc1Nc1c(Cl)cccc1Cl)CC(C)(C)SN=O. The van der Waals surface area contributed by atoms with Crippen molar-refractivity contribution in [2.75, 3.05) is 31.2 Å². The quantitative estimate of drug-likeness (QED) is 0.283. The van der Waals surface area contributed by atoms with Crippen LogP contribution in [0.2, 0.25) is 10.0 Å². The Bertz CT molecular complexity index is 861. The second-order valence-corrected chi connectivity index (χ2v) is 10.8. The van der Waals surface area contributed by atoms with Crippen molar-refractivity contribution in [3.8, 4) is 0 Å². The standard InChI is InChI=1S/C21H25Cl2N3O2S2/c1-21(2,30-25-28)14-26(3)11-12-29-19(27)13-15-7-4-5-10-18(15)24-20-16(22)8-6-9-17(20)23/h4-10,24H,11-14H2,1-3H3. The van der Waals surface area contributed by atoms with Gasteiger partial charge in [-0.05, 0) is 44.7 Å². The summed E-state index contributed by atoms with van der Waals surface area (Å²) in [5.74, 6) is 0.677. The highest BCUT2D eigenvalue weighted by Crippen LogP contribution is 2.34. The van der Waals surface area contributed by atoms with E-state index in [9.17, 15) is 9.70 Å². The van der Waals surface area contributed by atoms with E-state index in [1.54, 1.807) is 18.2 Å². The number of hydrogen-bond donors (Lipinski definition) is 1. The molecule has 2 aromatic rings. The van der Waals surface area contributed by atoms with E-state index in [1.807, 2.05) is 45.2 Å². The van der Waals surface area contributed by atoms with Crippen LogP contribution in [0.15, 0.2) is 47.0 Å². The van der Waals surface area contributed by atoms with E-state index >= 15 is 0 Å². The summed E-state index contributed by atoms with van der Waals surface area (Å²) < 4.78 is 2.67. The van der Waals surface area contributed by atoms with Crippen LogP contribution in [0.5, 0.6) is 0 Å². The smallest absolute Gasteiger partial charge is 0.193 e. The molecule has 0 saturated heterocycles. The normalized spacial score (nSPS) is 11.5. The van der Waals surface area contributed by atoms with Crippen LogP contribution < -0.4 is 5.32 Å². The summed E-state index contributed by atoms with van der Waals surface area (Å²) >= 11 is 14.9. The minimum atomic E-state index is -0.254. The summed E-state index contributed by atoms with van der Waals surface area (Å²) in [6.07, 6.45) is 0.302. The van der Waals surface area contributed by atoms with Gasteiger partial charge < -0.3 is 10.2 Å². The van der Waals surface area contributed by atoms with E-state index in [0.29, 0.717) is 34.5 Å². The summed E-state index contributed by atoms with van der Waals surface area (Å²) in [5, 5.41) is 4.39. The maximum atomic E-state index is 12.5. The first-order valence-electron chi connectivity index (χ1n) is 9.36. The number of carbonyl (C=O) groups is 1. The Morgan fingerprint density at radius 3 is 2.47 bits per heavy atom. The van der Waals surface area contributed by atoms with Gasteiger partial charge in [-0.3, -0.25) is 4.79 Å². The highest BCUT2D eigenvalue weighted by atomic mass is 35.5. The summed E-state index contributed by atoms with van der Waals surface area (Å²) in [6, 6.07) is 12.9. The predicted octanol–water partition coefficient (Wildman–Crippen LogP) is 6.66. The maximum absolute atomic E-state index is 12.5. The van der Waals surface area contributed by atoms with Crippen LogP contribution in [0.1, 0.15) is 19.4 Å². The molecule has 1 N–H and O–H groups in total. The van der Waals surface area contributed by atoms with Gasteiger partial charge in [-0.25, -0.2) is 0 Å². The molecule has 0 radical (unpaired) electrons. The molecule has 0 atom stereocenters. The molecule has 0 bridgehead atoms. The Hall–Kier alpha value is -1.25. The molecular weight excluding hydrogens is 461 g/mol. The van der Waals surface area contributed by atoms with Crippen LogP contribution in [0.4, 0.5) is 11.4 Å². The fraction of sp³-hybridized carbons (Fsp3) is 0.381. The number of halogens is 2. The molecule has 0 saturated carbocycles. The average Bonchev–Trinajstić information content (AvgIpc) is 2.65. The Morgan fingerprint density at radius 2 is 1.80 bits per heavy atom. The number of rotatable bonds is 11. The van der Waals surface area contributed by atoms with Gasteiger partial charge >= 0.3 is 0 Å². The average molecular weight is 486 g/mol. The third-order valence-corrected chi connectivity index (χ3v) is 6.43. The second kappa shape index (κ2) is 12.0. The van der Waals surface area contributed by atoms with E-state index in [0.717, 1.165) is 29.7 Å². The lowest BCUT2D eigenvalue weighted by Gasteiger charge is -2.26. The lowest BCUT2D eigenvalue weighted by molar-refractivity contribution is -0.110. The molecule has 0 aliphatic heterocycles. The molecule has 9 heteroatoms. The van der Waals surface area contributed by atoms with Gasteiger partial charge in [0.2, 0.25) is 0 Å². The third-order valence-electron chi connectivity index (χ3n) is 4.25. The molecule has 0 aromatic heterocycles. The molecule has 0 aliphatic rings. The molecule has 0 spiro atoms. The minimum absolute atomic E-state index is 0.0890. The number of nitrogens with zero attached hydrogens (tertiary/aromatic N) is 2. The number of hydrogen-bond acceptors (Lipinski definition) is 7. The van der Waals surface area contributed by atoms with Gasteiger partial charge in [-0.15, -0.1) is 4.91 Å². The van der Waals surface area contributed by atoms with Gasteiger partial charge in [-0.2, -0.15) is 0 Å². The number of para-hydroxylation sites is 2. The van der Waals surface area contributed by atoms with Crippen molar-refractivity contribution in [2.45, 2.75) is 25.0 Å². The van der Waals surface area contributed by atoms with Crippen LogP contribution in [0, 0.1) is 4.91 Å². The highest BCUT2D eigenvalue weighted by Gasteiger charge is 2.22. The van der Waals surface area contributed by atoms with Crippen molar-refractivity contribution >= 4 is 63.4 Å². The summed E-state index contributed by atoms with van der Waals surface area (Å²) in [4.78, 5) is 25.1. The number of thioether (sulfide) groups is 1.